The molecule has 1 N–H and O–H groups in total. The third-order valence-corrected chi connectivity index (χ3v) is 4.76. The predicted octanol–water partition coefficient (Wildman–Crippen LogP) is 4.35. The minimum Gasteiger partial charge on any atom is -0.462 e. The second-order valence-electron chi connectivity index (χ2n) is 5.72. The van der Waals surface area contributed by atoms with Gasteiger partial charge < -0.3 is 10.1 Å². The van der Waals surface area contributed by atoms with Crippen molar-refractivity contribution >= 4 is 29.3 Å². The van der Waals surface area contributed by atoms with E-state index < -0.39 is 0 Å². The molecule has 0 aliphatic carbocycles. The summed E-state index contributed by atoms with van der Waals surface area (Å²) in [5, 5.41) is 2.88. The summed E-state index contributed by atoms with van der Waals surface area (Å²) in [7, 11) is 0. The van der Waals surface area contributed by atoms with Crippen molar-refractivity contribution in [3.8, 4) is 0 Å². The van der Waals surface area contributed by atoms with Crippen LogP contribution in [-0.4, -0.2) is 24.2 Å². The maximum Gasteiger partial charge on any atom is 0.338 e. The molecule has 25 heavy (non-hydrogen) atoms. The highest BCUT2D eigenvalue weighted by atomic mass is 32.2. The van der Waals surface area contributed by atoms with Crippen molar-refractivity contribution in [3.63, 3.8) is 0 Å². The number of esters is 1. The van der Waals surface area contributed by atoms with Crippen LogP contribution in [0.1, 0.15) is 34.0 Å². The van der Waals surface area contributed by atoms with Crippen molar-refractivity contribution in [2.24, 2.45) is 0 Å². The van der Waals surface area contributed by atoms with Gasteiger partial charge in [0, 0.05) is 11.4 Å². The molecule has 2 aromatic carbocycles. The van der Waals surface area contributed by atoms with E-state index in [2.05, 4.69) is 24.4 Å². The van der Waals surface area contributed by atoms with Crippen LogP contribution in [0.2, 0.25) is 0 Å². The Morgan fingerprint density at radius 1 is 1.08 bits per heavy atom. The second kappa shape index (κ2) is 9.28. The largest absolute Gasteiger partial charge is 0.462 e. The van der Waals surface area contributed by atoms with Crippen molar-refractivity contribution in [3.05, 3.63) is 64.7 Å². The maximum absolute atomic E-state index is 12.2. The fourth-order valence-corrected chi connectivity index (χ4v) is 3.21. The topological polar surface area (TPSA) is 55.4 Å². The Balaban J connectivity index is 1.92. The van der Waals surface area contributed by atoms with Crippen LogP contribution in [0.15, 0.2) is 42.5 Å². The third-order valence-electron chi connectivity index (χ3n) is 3.77. The average molecular weight is 357 g/mol. The fraction of sp³-hybridized carbons (Fsp3) is 0.300. The van der Waals surface area contributed by atoms with Gasteiger partial charge in [0.1, 0.15) is 0 Å². The van der Waals surface area contributed by atoms with Crippen LogP contribution in [-0.2, 0) is 15.3 Å². The van der Waals surface area contributed by atoms with Crippen LogP contribution in [0.4, 0.5) is 5.69 Å². The van der Waals surface area contributed by atoms with Crippen LogP contribution in [0.5, 0.6) is 0 Å². The normalized spacial score (nSPS) is 10.4. The van der Waals surface area contributed by atoms with Gasteiger partial charge >= 0.3 is 5.97 Å². The van der Waals surface area contributed by atoms with Crippen molar-refractivity contribution < 1.29 is 14.3 Å². The van der Waals surface area contributed by atoms with E-state index in [9.17, 15) is 9.59 Å². The first kappa shape index (κ1) is 19.1. The van der Waals surface area contributed by atoms with Gasteiger partial charge in [0.25, 0.3) is 0 Å². The summed E-state index contributed by atoms with van der Waals surface area (Å²) < 4.78 is 5.00. The van der Waals surface area contributed by atoms with Gasteiger partial charge in [-0.25, -0.2) is 4.79 Å². The van der Waals surface area contributed by atoms with Crippen LogP contribution < -0.4 is 5.32 Å². The molecule has 2 aromatic rings. The van der Waals surface area contributed by atoms with Gasteiger partial charge in [-0.3, -0.25) is 4.79 Å². The molecule has 0 aromatic heterocycles. The summed E-state index contributed by atoms with van der Waals surface area (Å²) in [6.45, 7) is 6.05. The number of hydrogen-bond donors (Lipinski definition) is 1. The summed E-state index contributed by atoms with van der Waals surface area (Å²) in [6.07, 6.45) is 0. The Hall–Kier alpha value is -2.27. The summed E-state index contributed by atoms with van der Waals surface area (Å²) in [5.74, 6) is 0.689. The van der Waals surface area contributed by atoms with Gasteiger partial charge in [0.2, 0.25) is 5.91 Å². The van der Waals surface area contributed by atoms with Crippen molar-refractivity contribution in [2.45, 2.75) is 26.5 Å². The number of anilines is 1. The monoisotopic (exact) mass is 357 g/mol. The maximum atomic E-state index is 12.2. The Morgan fingerprint density at radius 2 is 1.84 bits per heavy atom. The molecule has 0 atom stereocenters. The molecule has 0 heterocycles. The van der Waals surface area contributed by atoms with Crippen LogP contribution in [0, 0.1) is 13.8 Å². The molecule has 1 amide bonds. The number of nitrogens with one attached hydrogen (secondary N) is 1. The fourth-order valence-electron chi connectivity index (χ4n) is 2.31. The highest BCUT2D eigenvalue weighted by Gasteiger charge is 2.11. The molecule has 0 fully saturated rings. The van der Waals surface area contributed by atoms with E-state index in [1.165, 1.54) is 11.1 Å². The van der Waals surface area contributed by atoms with Gasteiger partial charge in [-0.15, -0.1) is 11.8 Å². The van der Waals surface area contributed by atoms with E-state index in [0.717, 1.165) is 11.3 Å². The lowest BCUT2D eigenvalue weighted by Gasteiger charge is -2.11. The first-order valence-electron chi connectivity index (χ1n) is 8.21. The Morgan fingerprint density at radius 3 is 2.56 bits per heavy atom. The SMILES string of the molecule is CCOC(=O)c1ccc(C)c(NC(=O)CSCc2ccccc2C)c1. The lowest BCUT2D eigenvalue weighted by atomic mass is 10.1. The number of carbonyl (C=O) groups excluding carboxylic acids is 2. The molecule has 0 saturated heterocycles. The summed E-state index contributed by atoms with van der Waals surface area (Å²) in [5.41, 5.74) is 4.46. The molecule has 0 aliphatic rings. The lowest BCUT2D eigenvalue weighted by Crippen LogP contribution is -2.16. The third kappa shape index (κ3) is 5.64. The van der Waals surface area contributed by atoms with E-state index in [0.29, 0.717) is 23.6 Å². The predicted molar refractivity (Wildman–Crippen MR) is 103 cm³/mol. The molecule has 0 aliphatic heterocycles. The van der Waals surface area contributed by atoms with Crippen molar-refractivity contribution in [2.75, 3.05) is 17.7 Å². The zero-order chi connectivity index (χ0) is 18.2. The zero-order valence-corrected chi connectivity index (χ0v) is 15.6. The number of aryl methyl sites for hydroxylation is 2. The van der Waals surface area contributed by atoms with Gasteiger partial charge in [-0.05, 0) is 49.6 Å². The first-order chi connectivity index (χ1) is 12.0. The smallest absolute Gasteiger partial charge is 0.338 e. The van der Waals surface area contributed by atoms with E-state index in [4.69, 9.17) is 4.74 Å². The van der Waals surface area contributed by atoms with E-state index in [1.807, 2.05) is 25.1 Å². The molecule has 5 heteroatoms. The Labute approximate surface area is 153 Å². The van der Waals surface area contributed by atoms with Crippen LogP contribution in [0.3, 0.4) is 0 Å². The molecular weight excluding hydrogens is 334 g/mol. The zero-order valence-electron chi connectivity index (χ0n) is 14.8. The van der Waals surface area contributed by atoms with Crippen molar-refractivity contribution in [1.82, 2.24) is 0 Å². The molecular formula is C20H23NO3S. The van der Waals surface area contributed by atoms with Crippen LogP contribution in [0.25, 0.3) is 0 Å². The number of amides is 1. The van der Waals surface area contributed by atoms with E-state index >= 15 is 0 Å². The van der Waals surface area contributed by atoms with Gasteiger partial charge in [0.15, 0.2) is 0 Å². The molecule has 0 radical (unpaired) electrons. The Bertz CT molecular complexity index is 758. The number of hydrogen-bond acceptors (Lipinski definition) is 4. The van der Waals surface area contributed by atoms with E-state index in [1.54, 1.807) is 30.8 Å². The second-order valence-corrected chi connectivity index (χ2v) is 6.70. The van der Waals surface area contributed by atoms with Crippen molar-refractivity contribution in [1.29, 1.82) is 0 Å². The molecule has 132 valence electrons. The number of carbonyl (C=O) groups is 2. The lowest BCUT2D eigenvalue weighted by molar-refractivity contribution is -0.113. The van der Waals surface area contributed by atoms with Gasteiger partial charge in [-0.2, -0.15) is 0 Å². The highest BCUT2D eigenvalue weighted by molar-refractivity contribution is 7.99. The molecule has 0 unspecified atom stereocenters. The molecule has 0 saturated carbocycles. The van der Waals surface area contributed by atoms with Crippen LogP contribution >= 0.6 is 11.8 Å². The van der Waals surface area contributed by atoms with E-state index in [-0.39, 0.29) is 11.9 Å². The summed E-state index contributed by atoms with van der Waals surface area (Å²) >= 11 is 1.57. The van der Waals surface area contributed by atoms with Gasteiger partial charge in [0.05, 0.1) is 17.9 Å². The van der Waals surface area contributed by atoms with Gasteiger partial charge in [-0.1, -0.05) is 30.3 Å². The quantitative estimate of drug-likeness (QED) is 0.749. The molecule has 0 spiro atoms. The highest BCUT2D eigenvalue weighted by Crippen LogP contribution is 2.19. The number of benzene rings is 2. The minimum absolute atomic E-state index is 0.0808. The summed E-state index contributed by atoms with van der Waals surface area (Å²) in [4.78, 5) is 24.0. The summed E-state index contributed by atoms with van der Waals surface area (Å²) in [6, 6.07) is 13.3. The number of thioether (sulfide) groups is 1. The molecule has 4 nitrogen and oxygen atoms in total. The standard InChI is InChI=1S/C20H23NO3S/c1-4-24-20(23)16-10-9-15(3)18(11-16)21-19(22)13-25-12-17-8-6-5-7-14(17)2/h5-11H,4,12-13H2,1-3H3,(H,21,22). The average Bonchev–Trinajstić information content (AvgIpc) is 2.59. The molecule has 2 rings (SSSR count). The Kier molecular flexibility index (Phi) is 7.07. The number of ether oxygens (including phenoxy) is 1. The first-order valence-corrected chi connectivity index (χ1v) is 9.36. The molecule has 0 bridgehead atoms. The number of rotatable bonds is 7. The minimum atomic E-state index is -0.382.